The quantitative estimate of drug-likeness (QED) is 0.310. The summed E-state index contributed by atoms with van der Waals surface area (Å²) in [5.41, 5.74) is 0.290. The van der Waals surface area contributed by atoms with Gasteiger partial charge in [-0.15, -0.1) is 0 Å². The molecule has 9 heteroatoms. The zero-order chi connectivity index (χ0) is 21.7. The van der Waals surface area contributed by atoms with E-state index in [4.69, 9.17) is 16.3 Å². The molecule has 2 aromatic carbocycles. The number of Topliss-reactive ketones (excluding diaryl/α,β-unsaturated/α-hetero) is 1. The van der Waals surface area contributed by atoms with E-state index in [1.54, 1.807) is 26.0 Å². The molecule has 2 aromatic rings. The average Bonchev–Trinajstić information content (AvgIpc) is 2.67. The van der Waals surface area contributed by atoms with E-state index >= 15 is 0 Å². The molecular weight excluding hydrogens is 400 g/mol. The number of halogens is 1. The molecule has 0 heterocycles. The van der Waals surface area contributed by atoms with Crippen molar-refractivity contribution in [2.45, 2.75) is 26.9 Å². The third-order valence-corrected chi connectivity index (χ3v) is 4.32. The number of nitrogens with zero attached hydrogens (tertiary/aromatic N) is 1. The fraction of sp³-hybridized carbons (Fsp3) is 0.250. The number of benzene rings is 2. The Morgan fingerprint density at radius 1 is 1.07 bits per heavy atom. The predicted molar refractivity (Wildman–Crippen MR) is 107 cm³/mol. The van der Waals surface area contributed by atoms with Crippen LogP contribution in [-0.2, 0) is 9.53 Å². The number of nitro benzene ring substituents is 1. The lowest BCUT2D eigenvalue weighted by atomic mass is 10.1. The summed E-state index contributed by atoms with van der Waals surface area (Å²) in [5, 5.41) is 13.5. The number of ketones is 1. The Labute approximate surface area is 172 Å². The van der Waals surface area contributed by atoms with E-state index in [-0.39, 0.29) is 33.7 Å². The lowest BCUT2D eigenvalue weighted by Crippen LogP contribution is -2.24. The lowest BCUT2D eigenvalue weighted by Gasteiger charge is -2.13. The minimum absolute atomic E-state index is 0.0227. The van der Waals surface area contributed by atoms with Crippen molar-refractivity contribution >= 4 is 40.6 Å². The number of carbonyl (C=O) groups excluding carboxylic acids is 3. The Hall–Kier alpha value is -3.26. The molecule has 152 valence electrons. The van der Waals surface area contributed by atoms with Crippen molar-refractivity contribution < 1.29 is 24.0 Å². The van der Waals surface area contributed by atoms with Crippen LogP contribution in [0.4, 0.5) is 11.4 Å². The number of nitro groups is 1. The Bertz CT molecular complexity index is 956. The first-order chi connectivity index (χ1) is 13.6. The number of anilines is 1. The van der Waals surface area contributed by atoms with E-state index < -0.39 is 22.8 Å². The maximum Gasteiger partial charge on any atom is 0.340 e. The van der Waals surface area contributed by atoms with Gasteiger partial charge in [-0.25, -0.2) is 4.79 Å². The smallest absolute Gasteiger partial charge is 0.340 e. The number of hydrogen-bond donors (Lipinski definition) is 1. The maximum absolute atomic E-state index is 12.5. The average molecular weight is 419 g/mol. The van der Waals surface area contributed by atoms with Crippen LogP contribution in [0.2, 0.25) is 5.02 Å². The molecular formula is C20H19ClN2O6. The van der Waals surface area contributed by atoms with Crippen LogP contribution in [0.1, 0.15) is 41.5 Å². The van der Waals surface area contributed by atoms with Gasteiger partial charge in [0.2, 0.25) is 11.7 Å². The zero-order valence-electron chi connectivity index (χ0n) is 16.0. The summed E-state index contributed by atoms with van der Waals surface area (Å²) in [6, 6.07) is 9.51. The van der Waals surface area contributed by atoms with Gasteiger partial charge in [0.1, 0.15) is 0 Å². The summed E-state index contributed by atoms with van der Waals surface area (Å²) < 4.78 is 5.13. The summed E-state index contributed by atoms with van der Waals surface area (Å²) in [6.07, 6.45) is -1.14. The molecule has 0 bridgehead atoms. The van der Waals surface area contributed by atoms with E-state index in [1.807, 2.05) is 0 Å². The number of amides is 1. The van der Waals surface area contributed by atoms with Crippen molar-refractivity contribution in [3.05, 3.63) is 68.7 Å². The van der Waals surface area contributed by atoms with Gasteiger partial charge in [0.25, 0.3) is 5.69 Å². The van der Waals surface area contributed by atoms with Crippen LogP contribution in [-0.4, -0.2) is 28.7 Å². The molecule has 0 saturated heterocycles. The third-order valence-electron chi connectivity index (χ3n) is 4.00. The normalized spacial score (nSPS) is 11.6. The maximum atomic E-state index is 12.5. The van der Waals surface area contributed by atoms with Crippen molar-refractivity contribution in [2.75, 3.05) is 5.32 Å². The SMILES string of the molecule is CC(C)C(=O)Nc1ccc(C(=O)C(C)OC(=O)c2cc([N+](=O)[O-])ccc2Cl)cc1. The molecule has 1 atom stereocenters. The van der Waals surface area contributed by atoms with Crippen molar-refractivity contribution in [1.29, 1.82) is 0 Å². The molecule has 1 amide bonds. The molecule has 8 nitrogen and oxygen atoms in total. The van der Waals surface area contributed by atoms with Gasteiger partial charge in [0.15, 0.2) is 6.10 Å². The molecule has 0 aliphatic rings. The van der Waals surface area contributed by atoms with Crippen LogP contribution >= 0.6 is 11.6 Å². The van der Waals surface area contributed by atoms with Crippen LogP contribution in [0.25, 0.3) is 0 Å². The van der Waals surface area contributed by atoms with Crippen molar-refractivity contribution in [1.82, 2.24) is 0 Å². The molecule has 0 fully saturated rings. The Morgan fingerprint density at radius 2 is 1.69 bits per heavy atom. The van der Waals surface area contributed by atoms with Crippen molar-refractivity contribution in [3.63, 3.8) is 0 Å². The number of non-ortho nitro benzene ring substituents is 1. The molecule has 2 rings (SSSR count). The molecule has 1 N–H and O–H groups in total. The van der Waals surface area contributed by atoms with Gasteiger partial charge in [-0.2, -0.15) is 0 Å². The number of rotatable bonds is 7. The van der Waals surface area contributed by atoms with Crippen LogP contribution in [0, 0.1) is 16.0 Å². The third kappa shape index (κ3) is 5.61. The highest BCUT2D eigenvalue weighted by atomic mass is 35.5. The highest BCUT2D eigenvalue weighted by molar-refractivity contribution is 6.33. The molecule has 0 aliphatic carbocycles. The second kappa shape index (κ2) is 9.29. The van der Waals surface area contributed by atoms with Crippen LogP contribution < -0.4 is 5.32 Å². The van der Waals surface area contributed by atoms with Crippen LogP contribution in [0.3, 0.4) is 0 Å². The highest BCUT2D eigenvalue weighted by Crippen LogP contribution is 2.23. The Kier molecular flexibility index (Phi) is 7.06. The molecule has 29 heavy (non-hydrogen) atoms. The number of ether oxygens (including phenoxy) is 1. The molecule has 0 aromatic heterocycles. The second-order valence-electron chi connectivity index (χ2n) is 6.55. The van der Waals surface area contributed by atoms with E-state index in [0.717, 1.165) is 12.1 Å². The zero-order valence-corrected chi connectivity index (χ0v) is 16.7. The Morgan fingerprint density at radius 3 is 2.24 bits per heavy atom. The number of nitrogens with one attached hydrogen (secondary N) is 1. The minimum atomic E-state index is -1.14. The Balaban J connectivity index is 2.09. The van der Waals surface area contributed by atoms with Crippen molar-refractivity contribution in [3.8, 4) is 0 Å². The fourth-order valence-corrected chi connectivity index (χ4v) is 2.49. The molecule has 0 spiro atoms. The van der Waals surface area contributed by atoms with Gasteiger partial charge in [-0.3, -0.25) is 19.7 Å². The van der Waals surface area contributed by atoms with E-state index in [1.165, 1.54) is 25.1 Å². The lowest BCUT2D eigenvalue weighted by molar-refractivity contribution is -0.384. The first-order valence-electron chi connectivity index (χ1n) is 8.70. The van der Waals surface area contributed by atoms with Crippen LogP contribution in [0.5, 0.6) is 0 Å². The first kappa shape index (κ1) is 22.0. The monoisotopic (exact) mass is 418 g/mol. The molecule has 0 aliphatic heterocycles. The number of hydrogen-bond acceptors (Lipinski definition) is 6. The summed E-state index contributed by atoms with van der Waals surface area (Å²) in [7, 11) is 0. The summed E-state index contributed by atoms with van der Waals surface area (Å²) in [6.45, 7) is 4.91. The minimum Gasteiger partial charge on any atom is -0.451 e. The summed E-state index contributed by atoms with van der Waals surface area (Å²) >= 11 is 5.91. The van der Waals surface area contributed by atoms with Gasteiger partial charge in [-0.1, -0.05) is 25.4 Å². The summed E-state index contributed by atoms with van der Waals surface area (Å²) in [4.78, 5) is 46.7. The summed E-state index contributed by atoms with van der Waals surface area (Å²) in [5.74, 6) is -1.75. The largest absolute Gasteiger partial charge is 0.451 e. The predicted octanol–water partition coefficient (Wildman–Crippen LogP) is 4.27. The second-order valence-corrected chi connectivity index (χ2v) is 6.96. The van der Waals surface area contributed by atoms with Gasteiger partial charge in [0, 0.05) is 29.3 Å². The molecule has 0 radical (unpaired) electrons. The van der Waals surface area contributed by atoms with E-state index in [2.05, 4.69) is 5.32 Å². The molecule has 0 saturated carbocycles. The topological polar surface area (TPSA) is 116 Å². The standard InChI is InChI=1S/C20H19ClN2O6/c1-11(2)19(25)22-14-6-4-13(5-7-14)18(24)12(3)29-20(26)16-10-15(23(27)28)8-9-17(16)21/h4-12H,1-3H3,(H,22,25). The van der Waals surface area contributed by atoms with Crippen molar-refractivity contribution in [2.24, 2.45) is 5.92 Å². The van der Waals surface area contributed by atoms with Gasteiger partial charge in [-0.05, 0) is 37.3 Å². The molecule has 1 unspecified atom stereocenters. The van der Waals surface area contributed by atoms with Crippen LogP contribution in [0.15, 0.2) is 42.5 Å². The van der Waals surface area contributed by atoms with Gasteiger partial charge < -0.3 is 10.1 Å². The first-order valence-corrected chi connectivity index (χ1v) is 9.08. The van der Waals surface area contributed by atoms with Gasteiger partial charge >= 0.3 is 5.97 Å². The van der Waals surface area contributed by atoms with E-state index in [0.29, 0.717) is 5.69 Å². The highest BCUT2D eigenvalue weighted by Gasteiger charge is 2.23. The van der Waals surface area contributed by atoms with E-state index in [9.17, 15) is 24.5 Å². The van der Waals surface area contributed by atoms with Gasteiger partial charge in [0.05, 0.1) is 15.5 Å². The number of esters is 1. The fourth-order valence-electron chi connectivity index (χ4n) is 2.30. The number of carbonyl (C=O) groups is 3.